The third kappa shape index (κ3) is 3.69. The first-order chi connectivity index (χ1) is 15.5. The molecule has 5 nitrogen and oxygen atoms in total. The number of hydrogen-bond donors (Lipinski definition) is 0. The largest absolute Gasteiger partial charge is 0.378 e. The van der Waals surface area contributed by atoms with Gasteiger partial charge in [0.1, 0.15) is 0 Å². The summed E-state index contributed by atoms with van der Waals surface area (Å²) in [6.07, 6.45) is 1.89. The third-order valence-corrected chi connectivity index (χ3v) is 6.32. The van der Waals surface area contributed by atoms with Crippen molar-refractivity contribution in [1.29, 1.82) is 0 Å². The molecule has 1 aliphatic heterocycles. The van der Waals surface area contributed by atoms with Gasteiger partial charge in [-0.15, -0.1) is 11.3 Å². The fraction of sp³-hybridized carbons (Fsp3) is 0.115. The highest BCUT2D eigenvalue weighted by molar-refractivity contribution is 7.14. The maximum absolute atomic E-state index is 13.1. The predicted molar refractivity (Wildman–Crippen MR) is 134 cm³/mol. The van der Waals surface area contributed by atoms with E-state index in [1.54, 1.807) is 0 Å². The van der Waals surface area contributed by atoms with Crippen LogP contribution in [0.1, 0.15) is 12.5 Å². The van der Waals surface area contributed by atoms with Gasteiger partial charge in [-0.05, 0) is 47.5 Å². The molecule has 0 bridgehead atoms. The molecule has 3 aromatic carbocycles. The minimum absolute atomic E-state index is 0.154. The molecule has 1 aliphatic rings. The lowest BCUT2D eigenvalue weighted by Crippen LogP contribution is -2.21. The average Bonchev–Trinajstić information content (AvgIpc) is 3.40. The van der Waals surface area contributed by atoms with Crippen LogP contribution in [-0.4, -0.2) is 30.7 Å². The van der Waals surface area contributed by atoms with Crippen molar-refractivity contribution in [3.63, 3.8) is 0 Å². The van der Waals surface area contributed by atoms with Gasteiger partial charge in [-0.3, -0.25) is 4.79 Å². The maximum atomic E-state index is 13.1. The second-order valence-electron chi connectivity index (χ2n) is 7.92. The number of rotatable bonds is 4. The summed E-state index contributed by atoms with van der Waals surface area (Å²) in [7, 11) is 4.01. The van der Waals surface area contributed by atoms with Gasteiger partial charge in [0.2, 0.25) is 5.13 Å². The molecule has 0 spiro atoms. The summed E-state index contributed by atoms with van der Waals surface area (Å²) in [5.74, 6) is -0.154. The highest BCUT2D eigenvalue weighted by atomic mass is 32.1. The van der Waals surface area contributed by atoms with Crippen molar-refractivity contribution in [2.45, 2.75) is 6.92 Å². The number of anilines is 2. The van der Waals surface area contributed by atoms with E-state index in [2.05, 4.69) is 35.4 Å². The Morgan fingerprint density at radius 2 is 1.72 bits per heavy atom. The molecule has 0 atom stereocenters. The molecule has 2 heterocycles. The van der Waals surface area contributed by atoms with Gasteiger partial charge in [-0.1, -0.05) is 48.5 Å². The van der Waals surface area contributed by atoms with E-state index in [1.165, 1.54) is 21.7 Å². The van der Waals surface area contributed by atoms with E-state index in [-0.39, 0.29) is 5.91 Å². The van der Waals surface area contributed by atoms with E-state index >= 15 is 0 Å². The van der Waals surface area contributed by atoms with Gasteiger partial charge in [0, 0.05) is 30.7 Å². The van der Waals surface area contributed by atoms with Crippen LogP contribution in [-0.2, 0) is 4.79 Å². The number of aromatic nitrogens is 1. The van der Waals surface area contributed by atoms with Crippen molar-refractivity contribution in [3.05, 3.63) is 83.2 Å². The molecule has 6 heteroatoms. The first-order valence-corrected chi connectivity index (χ1v) is 11.2. The minimum Gasteiger partial charge on any atom is -0.378 e. The number of carbonyl (C=O) groups is 1. The normalized spacial score (nSPS) is 15.0. The Morgan fingerprint density at radius 1 is 0.969 bits per heavy atom. The van der Waals surface area contributed by atoms with E-state index in [0.717, 1.165) is 27.9 Å². The summed E-state index contributed by atoms with van der Waals surface area (Å²) in [6, 6.07) is 22.6. The monoisotopic (exact) mass is 438 g/mol. The summed E-state index contributed by atoms with van der Waals surface area (Å²) in [6.45, 7) is 1.86. The van der Waals surface area contributed by atoms with E-state index in [1.807, 2.05) is 73.8 Å². The van der Waals surface area contributed by atoms with E-state index in [4.69, 9.17) is 4.98 Å². The van der Waals surface area contributed by atoms with Crippen LogP contribution in [0, 0.1) is 0 Å². The van der Waals surface area contributed by atoms with Crippen LogP contribution in [0.2, 0.25) is 0 Å². The second-order valence-corrected chi connectivity index (χ2v) is 8.76. The fourth-order valence-corrected chi connectivity index (χ4v) is 4.47. The van der Waals surface area contributed by atoms with Crippen molar-refractivity contribution in [2.75, 3.05) is 24.0 Å². The Balaban J connectivity index is 1.41. The number of hydrazone groups is 1. The van der Waals surface area contributed by atoms with Crippen molar-refractivity contribution in [2.24, 2.45) is 5.10 Å². The van der Waals surface area contributed by atoms with E-state index < -0.39 is 0 Å². The van der Waals surface area contributed by atoms with Crippen LogP contribution < -0.4 is 9.91 Å². The molecule has 0 saturated carbocycles. The SMILES string of the molecule is CC1=NN(c2nc(-c3ccc4ccccc4c3)cs2)C(=O)/C1=C/c1ccc(N(C)C)cc1. The second kappa shape index (κ2) is 8.05. The number of nitrogens with zero attached hydrogens (tertiary/aromatic N) is 4. The summed E-state index contributed by atoms with van der Waals surface area (Å²) < 4.78 is 0. The lowest BCUT2D eigenvalue weighted by atomic mass is 10.1. The Kier molecular flexibility index (Phi) is 5.07. The molecule has 0 N–H and O–H groups in total. The van der Waals surface area contributed by atoms with Crippen molar-refractivity contribution in [1.82, 2.24) is 4.98 Å². The van der Waals surface area contributed by atoms with Gasteiger partial charge in [-0.2, -0.15) is 10.1 Å². The zero-order valence-corrected chi connectivity index (χ0v) is 18.9. The quantitative estimate of drug-likeness (QED) is 0.376. The molecule has 1 aromatic heterocycles. The lowest BCUT2D eigenvalue weighted by molar-refractivity contribution is -0.114. The fourth-order valence-electron chi connectivity index (χ4n) is 3.69. The minimum atomic E-state index is -0.154. The van der Waals surface area contributed by atoms with Crippen molar-refractivity contribution >= 4 is 50.6 Å². The molecule has 32 heavy (non-hydrogen) atoms. The van der Waals surface area contributed by atoms with E-state index in [0.29, 0.717) is 16.4 Å². The van der Waals surface area contributed by atoms with Crippen LogP contribution in [0.4, 0.5) is 10.8 Å². The first-order valence-electron chi connectivity index (χ1n) is 10.3. The number of hydrogen-bond acceptors (Lipinski definition) is 5. The number of fused-ring (bicyclic) bond motifs is 1. The zero-order valence-electron chi connectivity index (χ0n) is 18.1. The van der Waals surface area contributed by atoms with Crippen LogP contribution in [0.3, 0.4) is 0 Å². The number of thiazole rings is 1. The van der Waals surface area contributed by atoms with Crippen LogP contribution in [0.25, 0.3) is 28.1 Å². The summed E-state index contributed by atoms with van der Waals surface area (Å²) in [4.78, 5) is 19.9. The van der Waals surface area contributed by atoms with Crippen LogP contribution >= 0.6 is 11.3 Å². The van der Waals surface area contributed by atoms with Gasteiger partial charge in [0.25, 0.3) is 5.91 Å². The molecular weight excluding hydrogens is 416 g/mol. The molecule has 5 rings (SSSR count). The lowest BCUT2D eigenvalue weighted by Gasteiger charge is -2.12. The smallest absolute Gasteiger partial charge is 0.282 e. The number of benzene rings is 3. The maximum Gasteiger partial charge on any atom is 0.282 e. The third-order valence-electron chi connectivity index (χ3n) is 5.50. The zero-order chi connectivity index (χ0) is 22.2. The molecule has 0 radical (unpaired) electrons. The van der Waals surface area contributed by atoms with Gasteiger partial charge in [0.15, 0.2) is 0 Å². The van der Waals surface area contributed by atoms with Crippen LogP contribution in [0.5, 0.6) is 0 Å². The Hall–Kier alpha value is -3.77. The highest BCUT2D eigenvalue weighted by Crippen LogP contribution is 2.32. The molecule has 0 fully saturated rings. The molecule has 0 saturated heterocycles. The Labute approximate surface area is 190 Å². The highest BCUT2D eigenvalue weighted by Gasteiger charge is 2.30. The van der Waals surface area contributed by atoms with Gasteiger partial charge < -0.3 is 4.90 Å². The first kappa shape index (κ1) is 20.2. The molecular formula is C26H22N4OS. The van der Waals surface area contributed by atoms with Gasteiger partial charge in [0.05, 0.1) is 17.0 Å². The Morgan fingerprint density at radius 3 is 2.47 bits per heavy atom. The van der Waals surface area contributed by atoms with Gasteiger partial charge >= 0.3 is 0 Å². The molecule has 1 amide bonds. The molecule has 4 aromatic rings. The number of carbonyl (C=O) groups excluding carboxylic acids is 1. The van der Waals surface area contributed by atoms with Crippen molar-refractivity contribution < 1.29 is 4.79 Å². The molecule has 158 valence electrons. The Bertz CT molecular complexity index is 1380. The number of amides is 1. The standard InChI is InChI=1S/C26H22N4OS/c1-17-23(14-18-8-12-22(13-9-18)29(2)3)25(31)30(28-17)26-27-24(16-32-26)21-11-10-19-6-4-5-7-20(19)15-21/h4-16H,1-3H3/b23-14+. The average molecular weight is 439 g/mol. The van der Waals surface area contributed by atoms with Crippen LogP contribution in [0.15, 0.2) is 82.8 Å². The molecule has 0 unspecified atom stereocenters. The topological polar surface area (TPSA) is 48.8 Å². The molecule has 0 aliphatic carbocycles. The van der Waals surface area contributed by atoms with Gasteiger partial charge in [-0.25, -0.2) is 4.98 Å². The predicted octanol–water partition coefficient (Wildman–Crippen LogP) is 5.84. The summed E-state index contributed by atoms with van der Waals surface area (Å²) >= 11 is 1.42. The summed E-state index contributed by atoms with van der Waals surface area (Å²) in [5.41, 5.74) is 5.22. The van der Waals surface area contributed by atoms with E-state index in [9.17, 15) is 4.79 Å². The summed E-state index contributed by atoms with van der Waals surface area (Å²) in [5, 5.41) is 10.8. The van der Waals surface area contributed by atoms with Crippen molar-refractivity contribution in [3.8, 4) is 11.3 Å².